The normalized spacial score (nSPS) is 32.0. The van der Waals surface area contributed by atoms with Crippen LogP contribution >= 0.6 is 11.8 Å². The van der Waals surface area contributed by atoms with Gasteiger partial charge in [-0.05, 0) is 25.3 Å². The van der Waals surface area contributed by atoms with Crippen LogP contribution in [0.3, 0.4) is 0 Å². The fraction of sp³-hybridized carbons (Fsp3) is 0.500. The lowest BCUT2D eigenvalue weighted by molar-refractivity contribution is -0.126. The van der Waals surface area contributed by atoms with Crippen molar-refractivity contribution in [1.29, 1.82) is 0 Å². The van der Waals surface area contributed by atoms with Gasteiger partial charge in [0, 0.05) is 10.5 Å². The average Bonchev–Trinajstić information content (AvgIpc) is 2.77. The quantitative estimate of drug-likeness (QED) is 0.844. The van der Waals surface area contributed by atoms with Crippen molar-refractivity contribution in [2.45, 2.75) is 48.6 Å². The van der Waals surface area contributed by atoms with Gasteiger partial charge in [0.2, 0.25) is 0 Å². The zero-order valence-corrected chi connectivity index (χ0v) is 13.0. The Kier molecular flexibility index (Phi) is 3.69. The van der Waals surface area contributed by atoms with Gasteiger partial charge in [0.15, 0.2) is 0 Å². The summed E-state index contributed by atoms with van der Waals surface area (Å²) in [5.74, 6) is 0.692. The van der Waals surface area contributed by atoms with Crippen LogP contribution in [0, 0.1) is 0 Å². The van der Waals surface area contributed by atoms with Gasteiger partial charge < -0.3 is 5.32 Å². The molecule has 2 atom stereocenters. The Hall–Kier alpha value is -1.49. The Labute approximate surface area is 129 Å². The SMILES string of the molecule is CC1(SCc2ccccc2)CCCCC12NC(=O)NC2=O. The molecule has 112 valence electrons. The third-order valence-corrected chi connectivity index (χ3v) is 6.37. The summed E-state index contributed by atoms with van der Waals surface area (Å²) in [6, 6.07) is 9.90. The summed E-state index contributed by atoms with van der Waals surface area (Å²) in [7, 11) is 0. The van der Waals surface area contributed by atoms with E-state index in [4.69, 9.17) is 0 Å². The van der Waals surface area contributed by atoms with Crippen LogP contribution in [0.2, 0.25) is 0 Å². The van der Waals surface area contributed by atoms with Crippen molar-refractivity contribution in [1.82, 2.24) is 10.6 Å². The highest BCUT2D eigenvalue weighted by Gasteiger charge is 2.59. The number of carbonyl (C=O) groups is 2. The number of benzene rings is 1. The zero-order chi connectivity index (χ0) is 14.9. The third-order valence-electron chi connectivity index (χ3n) is 4.70. The van der Waals surface area contributed by atoms with E-state index in [1.165, 1.54) is 5.56 Å². The van der Waals surface area contributed by atoms with Crippen LogP contribution in [0.15, 0.2) is 30.3 Å². The average molecular weight is 304 g/mol. The highest BCUT2D eigenvalue weighted by molar-refractivity contribution is 8.00. The minimum absolute atomic E-state index is 0.157. The molecule has 5 heteroatoms. The number of urea groups is 1. The van der Waals surface area contributed by atoms with Crippen LogP contribution in [0.1, 0.15) is 38.2 Å². The largest absolute Gasteiger partial charge is 0.322 e. The predicted octanol–water partition coefficient (Wildman–Crippen LogP) is 2.83. The van der Waals surface area contributed by atoms with Gasteiger partial charge in [0.05, 0.1) is 0 Å². The van der Waals surface area contributed by atoms with Crippen LogP contribution in [-0.4, -0.2) is 22.2 Å². The van der Waals surface area contributed by atoms with Gasteiger partial charge in [-0.2, -0.15) is 0 Å². The lowest BCUT2D eigenvalue weighted by Crippen LogP contribution is -2.63. The number of hydrogen-bond donors (Lipinski definition) is 2. The first-order valence-electron chi connectivity index (χ1n) is 7.37. The van der Waals surface area contributed by atoms with Gasteiger partial charge in [-0.1, -0.05) is 43.2 Å². The van der Waals surface area contributed by atoms with Crippen molar-refractivity contribution in [3.63, 3.8) is 0 Å². The summed E-state index contributed by atoms with van der Waals surface area (Å²) in [4.78, 5) is 24.0. The van der Waals surface area contributed by atoms with Gasteiger partial charge in [-0.3, -0.25) is 10.1 Å². The van der Waals surface area contributed by atoms with Crippen LogP contribution in [0.5, 0.6) is 0 Å². The van der Waals surface area contributed by atoms with Crippen LogP contribution in [-0.2, 0) is 10.5 Å². The summed E-state index contributed by atoms with van der Waals surface area (Å²) in [6.45, 7) is 2.12. The van der Waals surface area contributed by atoms with E-state index in [0.29, 0.717) is 0 Å². The Morgan fingerprint density at radius 2 is 1.86 bits per heavy atom. The topological polar surface area (TPSA) is 58.2 Å². The van der Waals surface area contributed by atoms with Crippen molar-refractivity contribution in [2.24, 2.45) is 0 Å². The number of amides is 3. The van der Waals surface area contributed by atoms with E-state index in [1.807, 2.05) is 18.2 Å². The van der Waals surface area contributed by atoms with Crippen molar-refractivity contribution in [3.8, 4) is 0 Å². The van der Waals surface area contributed by atoms with Gasteiger partial charge in [0.25, 0.3) is 5.91 Å². The van der Waals surface area contributed by atoms with Gasteiger partial charge in [-0.25, -0.2) is 4.79 Å². The first-order valence-corrected chi connectivity index (χ1v) is 8.36. The number of nitrogens with one attached hydrogen (secondary N) is 2. The van der Waals surface area contributed by atoms with E-state index in [2.05, 4.69) is 29.7 Å². The second kappa shape index (κ2) is 5.37. The van der Waals surface area contributed by atoms with Crippen molar-refractivity contribution < 1.29 is 9.59 Å². The summed E-state index contributed by atoms with van der Waals surface area (Å²) < 4.78 is -0.267. The Morgan fingerprint density at radius 3 is 2.52 bits per heavy atom. The highest BCUT2D eigenvalue weighted by Crippen LogP contribution is 2.48. The van der Waals surface area contributed by atoms with E-state index in [-0.39, 0.29) is 16.7 Å². The minimum Gasteiger partial charge on any atom is -0.322 e. The minimum atomic E-state index is -0.748. The number of thioether (sulfide) groups is 1. The molecule has 0 radical (unpaired) electrons. The fourth-order valence-corrected chi connectivity index (χ4v) is 4.84. The molecule has 1 spiro atoms. The molecule has 2 N–H and O–H groups in total. The lowest BCUT2D eigenvalue weighted by atomic mass is 9.73. The molecule has 1 aromatic rings. The molecule has 1 saturated carbocycles. The Balaban J connectivity index is 1.82. The molecule has 0 aromatic heterocycles. The van der Waals surface area contributed by atoms with Crippen LogP contribution in [0.4, 0.5) is 4.79 Å². The maximum absolute atomic E-state index is 12.4. The van der Waals surface area contributed by atoms with Gasteiger partial charge in [0.1, 0.15) is 5.54 Å². The second-order valence-corrected chi connectivity index (χ2v) is 7.50. The molecule has 2 fully saturated rings. The van der Waals surface area contributed by atoms with Gasteiger partial charge >= 0.3 is 6.03 Å². The van der Waals surface area contributed by atoms with Crippen molar-refractivity contribution in [3.05, 3.63) is 35.9 Å². The molecule has 3 amide bonds. The van der Waals surface area contributed by atoms with E-state index < -0.39 is 5.54 Å². The summed E-state index contributed by atoms with van der Waals surface area (Å²) in [6.07, 6.45) is 3.75. The molecule has 2 unspecified atom stereocenters. The molecule has 1 aliphatic carbocycles. The summed E-state index contributed by atoms with van der Waals surface area (Å²) in [5, 5.41) is 5.35. The number of carbonyl (C=O) groups excluding carboxylic acids is 2. The molecule has 1 aliphatic heterocycles. The molecule has 1 heterocycles. The second-order valence-electron chi connectivity index (χ2n) is 6.03. The third kappa shape index (κ3) is 2.44. The molecule has 3 rings (SSSR count). The molecular formula is C16H20N2O2S. The monoisotopic (exact) mass is 304 g/mol. The van der Waals surface area contributed by atoms with E-state index in [0.717, 1.165) is 31.4 Å². The van der Waals surface area contributed by atoms with E-state index in [9.17, 15) is 9.59 Å². The standard InChI is InChI=1S/C16H20N2O2S/c1-15(21-11-12-7-3-2-4-8-12)9-5-6-10-16(15)13(19)17-14(20)18-16/h2-4,7-8H,5-6,9-11H2,1H3,(H2,17,18,19,20). The van der Waals surface area contributed by atoms with E-state index >= 15 is 0 Å². The number of rotatable bonds is 3. The first kappa shape index (κ1) is 14.4. The Bertz CT molecular complexity index is 563. The van der Waals surface area contributed by atoms with Gasteiger partial charge in [-0.15, -0.1) is 11.8 Å². The fourth-order valence-electron chi connectivity index (χ4n) is 3.38. The molecule has 1 aromatic carbocycles. The lowest BCUT2D eigenvalue weighted by Gasteiger charge is -2.47. The molecule has 2 aliphatic rings. The summed E-state index contributed by atoms with van der Waals surface area (Å²) in [5.41, 5.74) is 0.496. The number of imide groups is 1. The zero-order valence-electron chi connectivity index (χ0n) is 12.1. The van der Waals surface area contributed by atoms with Crippen LogP contribution < -0.4 is 10.6 Å². The number of hydrogen-bond acceptors (Lipinski definition) is 3. The Morgan fingerprint density at radius 1 is 1.14 bits per heavy atom. The van der Waals surface area contributed by atoms with Crippen LogP contribution in [0.25, 0.3) is 0 Å². The van der Waals surface area contributed by atoms with E-state index in [1.54, 1.807) is 11.8 Å². The first-order chi connectivity index (χ1) is 10.1. The molecule has 4 nitrogen and oxygen atoms in total. The molecule has 1 saturated heterocycles. The predicted molar refractivity (Wildman–Crippen MR) is 84.0 cm³/mol. The molecule has 21 heavy (non-hydrogen) atoms. The molecule has 0 bridgehead atoms. The van der Waals surface area contributed by atoms with Crippen molar-refractivity contribution in [2.75, 3.05) is 0 Å². The smallest absolute Gasteiger partial charge is 0.322 e. The molecular weight excluding hydrogens is 284 g/mol. The highest BCUT2D eigenvalue weighted by atomic mass is 32.2. The maximum atomic E-state index is 12.4. The van der Waals surface area contributed by atoms with Crippen molar-refractivity contribution >= 4 is 23.7 Å². The summed E-state index contributed by atoms with van der Waals surface area (Å²) >= 11 is 1.78. The maximum Gasteiger partial charge on any atom is 0.322 e.